The Morgan fingerprint density at radius 1 is 1.08 bits per heavy atom. The number of allylic oxidation sites excluding steroid dienone is 1. The van der Waals surface area contributed by atoms with Crippen molar-refractivity contribution < 1.29 is 4.79 Å². The first-order valence-corrected chi connectivity index (χ1v) is 4.98. The van der Waals surface area contributed by atoms with Gasteiger partial charge >= 0.3 is 0 Å². The normalized spacial score (nSPS) is 50.3. The second kappa shape index (κ2) is 2.01. The molecule has 4 fully saturated rings. The molecule has 4 rings (SSSR count). The Morgan fingerprint density at radius 3 is 2.67 bits per heavy atom. The first-order valence-electron chi connectivity index (χ1n) is 4.98. The van der Waals surface area contributed by atoms with Crippen molar-refractivity contribution in [2.24, 2.45) is 23.7 Å². The maximum atomic E-state index is 11.7. The van der Waals surface area contributed by atoms with Gasteiger partial charge in [0.1, 0.15) is 5.78 Å². The lowest BCUT2D eigenvalue weighted by atomic mass is 9.54. The largest absolute Gasteiger partial charge is 0.299 e. The monoisotopic (exact) mass is 162 g/mol. The van der Waals surface area contributed by atoms with Gasteiger partial charge in [-0.15, -0.1) is 0 Å². The number of carbonyl (C=O) groups excluding carboxylic acids is 1. The summed E-state index contributed by atoms with van der Waals surface area (Å²) in [6, 6.07) is 0. The van der Waals surface area contributed by atoms with E-state index in [2.05, 4.69) is 6.58 Å². The number of Topliss-reactive ketones (excluding diaryl/α,β-unsaturated/α-hetero) is 1. The third kappa shape index (κ3) is 0.675. The van der Waals surface area contributed by atoms with Gasteiger partial charge in [-0.2, -0.15) is 0 Å². The van der Waals surface area contributed by atoms with Gasteiger partial charge in [0.05, 0.1) is 0 Å². The summed E-state index contributed by atoms with van der Waals surface area (Å²) in [5.74, 6) is 2.80. The SMILES string of the molecule is C=C1[C@@H]2C[C@H]3C[C@H](C2)C(=O)[C@@H]1C3. The summed E-state index contributed by atoms with van der Waals surface area (Å²) in [5.41, 5.74) is 1.27. The number of ketones is 1. The van der Waals surface area contributed by atoms with Crippen LogP contribution in [0.25, 0.3) is 0 Å². The summed E-state index contributed by atoms with van der Waals surface area (Å²) in [4.78, 5) is 11.7. The van der Waals surface area contributed by atoms with Crippen molar-refractivity contribution in [1.29, 1.82) is 0 Å². The van der Waals surface area contributed by atoms with Crippen LogP contribution in [0.5, 0.6) is 0 Å². The van der Waals surface area contributed by atoms with E-state index in [0.717, 1.165) is 18.8 Å². The third-order valence-electron chi connectivity index (χ3n) is 4.09. The standard InChI is InChI=1S/C11H14O/c1-6-8-2-7-3-9(5-8)11(12)10(6)4-7/h7-10H,1-5H2/t7-,8+,9+,10+/m0/s1. The van der Waals surface area contributed by atoms with Crippen molar-refractivity contribution in [3.05, 3.63) is 12.2 Å². The fraction of sp³-hybridized carbons (Fsp3) is 0.727. The fourth-order valence-corrected chi connectivity index (χ4v) is 3.52. The lowest BCUT2D eigenvalue weighted by Crippen LogP contribution is -2.46. The number of rotatable bonds is 0. The molecule has 0 unspecified atom stereocenters. The Bertz CT molecular complexity index is 242. The zero-order valence-electron chi connectivity index (χ0n) is 7.25. The summed E-state index contributed by atoms with van der Waals surface area (Å²) in [5, 5.41) is 0. The lowest BCUT2D eigenvalue weighted by molar-refractivity contribution is -0.135. The van der Waals surface area contributed by atoms with E-state index in [1.807, 2.05) is 0 Å². The van der Waals surface area contributed by atoms with E-state index in [-0.39, 0.29) is 5.92 Å². The van der Waals surface area contributed by atoms with Gasteiger partial charge in [0.2, 0.25) is 0 Å². The second-order valence-corrected chi connectivity index (χ2v) is 4.73. The number of hydrogen-bond donors (Lipinski definition) is 0. The Kier molecular flexibility index (Phi) is 1.15. The molecule has 4 bridgehead atoms. The minimum absolute atomic E-state index is 0.279. The maximum absolute atomic E-state index is 11.7. The molecular weight excluding hydrogens is 148 g/mol. The van der Waals surface area contributed by atoms with E-state index < -0.39 is 0 Å². The quantitative estimate of drug-likeness (QED) is 0.499. The van der Waals surface area contributed by atoms with Gasteiger partial charge in [-0.3, -0.25) is 4.79 Å². The molecule has 0 aliphatic heterocycles. The van der Waals surface area contributed by atoms with Crippen LogP contribution in [0.1, 0.15) is 25.7 Å². The highest BCUT2D eigenvalue weighted by Crippen LogP contribution is 2.53. The predicted octanol–water partition coefficient (Wildman–Crippen LogP) is 2.18. The molecule has 1 heteroatoms. The van der Waals surface area contributed by atoms with Crippen LogP contribution in [-0.2, 0) is 4.79 Å². The Labute approximate surface area is 72.8 Å². The molecule has 0 aromatic heterocycles. The molecule has 4 aliphatic rings. The Balaban J connectivity index is 2.03. The van der Waals surface area contributed by atoms with Crippen LogP contribution in [0.4, 0.5) is 0 Å². The van der Waals surface area contributed by atoms with E-state index in [9.17, 15) is 4.79 Å². The van der Waals surface area contributed by atoms with Crippen molar-refractivity contribution in [2.45, 2.75) is 25.7 Å². The van der Waals surface area contributed by atoms with Crippen LogP contribution in [-0.4, -0.2) is 5.78 Å². The van der Waals surface area contributed by atoms with Gasteiger partial charge in [0, 0.05) is 11.8 Å². The van der Waals surface area contributed by atoms with Gasteiger partial charge in [0.25, 0.3) is 0 Å². The lowest BCUT2D eigenvalue weighted by Gasteiger charge is -2.49. The highest BCUT2D eigenvalue weighted by molar-refractivity contribution is 5.88. The topological polar surface area (TPSA) is 17.1 Å². The third-order valence-corrected chi connectivity index (χ3v) is 4.09. The minimum atomic E-state index is 0.279. The first-order chi connectivity index (χ1) is 5.75. The molecule has 4 aliphatic carbocycles. The van der Waals surface area contributed by atoms with Gasteiger partial charge in [-0.1, -0.05) is 12.2 Å². The fourth-order valence-electron chi connectivity index (χ4n) is 3.52. The highest BCUT2D eigenvalue weighted by Gasteiger charge is 2.49. The Hall–Kier alpha value is -0.590. The highest BCUT2D eigenvalue weighted by atomic mass is 16.1. The average Bonchev–Trinajstić information content (AvgIpc) is 2.07. The van der Waals surface area contributed by atoms with Crippen molar-refractivity contribution in [2.75, 3.05) is 0 Å². The van der Waals surface area contributed by atoms with Gasteiger partial charge in [0.15, 0.2) is 0 Å². The maximum Gasteiger partial charge on any atom is 0.143 e. The van der Waals surface area contributed by atoms with Gasteiger partial charge in [-0.25, -0.2) is 0 Å². The van der Waals surface area contributed by atoms with E-state index in [0.29, 0.717) is 17.6 Å². The van der Waals surface area contributed by atoms with Crippen molar-refractivity contribution in [1.82, 2.24) is 0 Å². The summed E-state index contributed by atoms with van der Waals surface area (Å²) < 4.78 is 0. The van der Waals surface area contributed by atoms with Crippen LogP contribution < -0.4 is 0 Å². The molecule has 0 radical (unpaired) electrons. The summed E-state index contributed by atoms with van der Waals surface area (Å²) in [6.45, 7) is 4.08. The zero-order chi connectivity index (χ0) is 8.29. The number of carbonyl (C=O) groups is 1. The molecule has 0 aromatic carbocycles. The van der Waals surface area contributed by atoms with Crippen molar-refractivity contribution >= 4 is 5.78 Å². The molecule has 0 saturated heterocycles. The van der Waals surface area contributed by atoms with Crippen LogP contribution in [0.2, 0.25) is 0 Å². The molecular formula is C11H14O. The molecule has 4 saturated carbocycles. The molecule has 4 atom stereocenters. The zero-order valence-corrected chi connectivity index (χ0v) is 7.25. The van der Waals surface area contributed by atoms with E-state index >= 15 is 0 Å². The minimum Gasteiger partial charge on any atom is -0.299 e. The van der Waals surface area contributed by atoms with E-state index in [4.69, 9.17) is 0 Å². The number of hydrogen-bond acceptors (Lipinski definition) is 1. The summed E-state index contributed by atoms with van der Waals surface area (Å²) in [7, 11) is 0. The van der Waals surface area contributed by atoms with E-state index in [1.54, 1.807) is 0 Å². The molecule has 0 N–H and O–H groups in total. The predicted molar refractivity (Wildman–Crippen MR) is 46.6 cm³/mol. The van der Waals surface area contributed by atoms with Crippen LogP contribution in [0, 0.1) is 23.7 Å². The Morgan fingerprint density at radius 2 is 1.83 bits per heavy atom. The van der Waals surface area contributed by atoms with Crippen LogP contribution in [0.15, 0.2) is 12.2 Å². The van der Waals surface area contributed by atoms with Crippen LogP contribution >= 0.6 is 0 Å². The van der Waals surface area contributed by atoms with Gasteiger partial charge < -0.3 is 0 Å². The van der Waals surface area contributed by atoms with Crippen molar-refractivity contribution in [3.8, 4) is 0 Å². The first kappa shape index (κ1) is 6.88. The molecule has 0 amide bonds. The van der Waals surface area contributed by atoms with Crippen molar-refractivity contribution in [3.63, 3.8) is 0 Å². The summed E-state index contributed by atoms with van der Waals surface area (Å²) >= 11 is 0. The molecule has 0 spiro atoms. The smallest absolute Gasteiger partial charge is 0.143 e. The van der Waals surface area contributed by atoms with Crippen LogP contribution in [0.3, 0.4) is 0 Å². The van der Waals surface area contributed by atoms with E-state index in [1.165, 1.54) is 18.4 Å². The average molecular weight is 162 g/mol. The molecule has 64 valence electrons. The molecule has 12 heavy (non-hydrogen) atoms. The second-order valence-electron chi connectivity index (χ2n) is 4.73. The summed E-state index contributed by atoms with van der Waals surface area (Å²) in [6.07, 6.45) is 4.79. The molecule has 0 aromatic rings. The van der Waals surface area contributed by atoms with Gasteiger partial charge in [-0.05, 0) is 37.5 Å². The molecule has 0 heterocycles. The molecule has 1 nitrogen and oxygen atoms in total.